The number of carbonyl (C=O) groups excluding carboxylic acids is 2. The van der Waals surface area contributed by atoms with Crippen LogP contribution < -0.4 is 0 Å². The van der Waals surface area contributed by atoms with Crippen LogP contribution in [0.5, 0.6) is 0 Å². The summed E-state index contributed by atoms with van der Waals surface area (Å²) in [7, 11) is 1.23. The molecule has 0 aromatic rings. The Morgan fingerprint density at radius 3 is 2.38 bits per heavy atom. The molecule has 0 radical (unpaired) electrons. The number of hydrogen-bond acceptors (Lipinski definition) is 5. The van der Waals surface area contributed by atoms with Gasteiger partial charge in [-0.15, -0.1) is 0 Å². The predicted molar refractivity (Wildman–Crippen MR) is 44.1 cm³/mol. The maximum Gasteiger partial charge on any atom is 0.349 e. The van der Waals surface area contributed by atoms with E-state index in [1.165, 1.54) is 14.0 Å². The normalized spacial score (nSPS) is 11.9. The van der Waals surface area contributed by atoms with Gasteiger partial charge in [-0.1, -0.05) is 0 Å². The summed E-state index contributed by atoms with van der Waals surface area (Å²) < 4.78 is 14.0. The van der Waals surface area contributed by atoms with Crippen LogP contribution in [0.4, 0.5) is 0 Å². The van der Waals surface area contributed by atoms with Crippen molar-refractivity contribution in [3.8, 4) is 0 Å². The molecule has 0 fully saturated rings. The molecule has 0 spiro atoms. The van der Waals surface area contributed by atoms with E-state index in [-0.39, 0.29) is 6.61 Å². The number of esters is 2. The summed E-state index contributed by atoms with van der Waals surface area (Å²) in [6, 6.07) is 0. The van der Waals surface area contributed by atoms with Gasteiger partial charge in [0.05, 0.1) is 13.7 Å². The van der Waals surface area contributed by atoms with Gasteiger partial charge in [0.25, 0.3) is 0 Å². The minimum absolute atomic E-state index is 0.0305. The highest BCUT2D eigenvalue weighted by Gasteiger charge is 2.22. The Balaban J connectivity index is 4.02. The zero-order valence-electron chi connectivity index (χ0n) is 8.03. The molecule has 0 aliphatic heterocycles. The average molecular weight is 190 g/mol. The van der Waals surface area contributed by atoms with Crippen LogP contribution in [0.15, 0.2) is 0 Å². The molecule has 5 nitrogen and oxygen atoms in total. The lowest BCUT2D eigenvalue weighted by Gasteiger charge is -2.13. The first kappa shape index (κ1) is 11.9. The zero-order chi connectivity index (χ0) is 10.3. The minimum Gasteiger partial charge on any atom is -0.466 e. The van der Waals surface area contributed by atoms with Crippen molar-refractivity contribution in [2.75, 3.05) is 20.3 Å². The fraction of sp³-hybridized carbons (Fsp3) is 0.750. The molecule has 0 saturated carbocycles. The van der Waals surface area contributed by atoms with Gasteiger partial charge >= 0.3 is 11.9 Å². The fourth-order valence-electron chi connectivity index (χ4n) is 0.707. The maximum absolute atomic E-state index is 11.0. The fourth-order valence-corrected chi connectivity index (χ4v) is 0.707. The third-order valence-electron chi connectivity index (χ3n) is 1.25. The summed E-state index contributed by atoms with van der Waals surface area (Å²) in [5, 5.41) is 0. The molecule has 0 saturated heterocycles. The molecule has 1 unspecified atom stereocenters. The van der Waals surface area contributed by atoms with Crippen LogP contribution in [0.2, 0.25) is 0 Å². The largest absolute Gasteiger partial charge is 0.466 e. The van der Waals surface area contributed by atoms with Crippen molar-refractivity contribution < 1.29 is 23.8 Å². The van der Waals surface area contributed by atoms with Gasteiger partial charge in [0.2, 0.25) is 6.10 Å². The van der Waals surface area contributed by atoms with E-state index in [0.717, 1.165) is 0 Å². The summed E-state index contributed by atoms with van der Waals surface area (Å²) in [6.07, 6.45) is -0.956. The number of ether oxygens (including phenoxy) is 3. The standard InChI is InChI=1S/C8H14O5/c1-4-12-5-7(8(10)11-3)13-6(2)9/h7H,4-5H2,1-3H3. The molecule has 0 aliphatic carbocycles. The van der Waals surface area contributed by atoms with Crippen molar-refractivity contribution in [2.45, 2.75) is 20.0 Å². The first-order valence-electron chi connectivity index (χ1n) is 3.94. The molecule has 0 aromatic carbocycles. The summed E-state index contributed by atoms with van der Waals surface area (Å²) in [4.78, 5) is 21.5. The Hall–Kier alpha value is -1.10. The van der Waals surface area contributed by atoms with Crippen molar-refractivity contribution in [3.05, 3.63) is 0 Å². The van der Waals surface area contributed by atoms with Crippen LogP contribution in [0.3, 0.4) is 0 Å². The molecule has 76 valence electrons. The summed E-state index contributed by atoms with van der Waals surface area (Å²) in [6.45, 7) is 3.49. The van der Waals surface area contributed by atoms with Gasteiger partial charge in [-0.05, 0) is 6.92 Å². The van der Waals surface area contributed by atoms with Gasteiger partial charge in [-0.2, -0.15) is 0 Å². The SMILES string of the molecule is CCOCC(OC(C)=O)C(=O)OC. The topological polar surface area (TPSA) is 61.8 Å². The van der Waals surface area contributed by atoms with Crippen LogP contribution in [0, 0.1) is 0 Å². The molecule has 0 heterocycles. The highest BCUT2D eigenvalue weighted by Crippen LogP contribution is 1.97. The van der Waals surface area contributed by atoms with Gasteiger partial charge in [-0.25, -0.2) is 4.79 Å². The predicted octanol–water partition coefficient (Wildman–Crippen LogP) is 0.128. The van der Waals surface area contributed by atoms with E-state index in [9.17, 15) is 9.59 Å². The molecule has 0 amide bonds. The number of hydrogen-bond donors (Lipinski definition) is 0. The number of methoxy groups -OCH3 is 1. The maximum atomic E-state index is 11.0. The zero-order valence-corrected chi connectivity index (χ0v) is 8.03. The highest BCUT2D eigenvalue weighted by atomic mass is 16.6. The van der Waals surface area contributed by atoms with Crippen LogP contribution in [0.1, 0.15) is 13.8 Å². The average Bonchev–Trinajstić information content (AvgIpc) is 2.10. The Bertz CT molecular complexity index is 177. The molecule has 0 aromatic heterocycles. The van der Waals surface area contributed by atoms with E-state index in [0.29, 0.717) is 6.61 Å². The summed E-state index contributed by atoms with van der Waals surface area (Å²) >= 11 is 0. The molecule has 0 aliphatic rings. The molecular formula is C8H14O5. The Kier molecular flexibility index (Phi) is 5.88. The van der Waals surface area contributed by atoms with Gasteiger partial charge in [0.1, 0.15) is 0 Å². The second-order valence-electron chi connectivity index (χ2n) is 2.28. The Morgan fingerprint density at radius 1 is 1.38 bits per heavy atom. The van der Waals surface area contributed by atoms with E-state index in [1.807, 2.05) is 0 Å². The van der Waals surface area contributed by atoms with Gasteiger partial charge in [0, 0.05) is 13.5 Å². The molecule has 5 heteroatoms. The quantitative estimate of drug-likeness (QED) is 0.576. The van der Waals surface area contributed by atoms with Crippen molar-refractivity contribution in [2.24, 2.45) is 0 Å². The van der Waals surface area contributed by atoms with Crippen molar-refractivity contribution >= 4 is 11.9 Å². The lowest BCUT2D eigenvalue weighted by atomic mass is 10.4. The van der Waals surface area contributed by atoms with Gasteiger partial charge in [-0.3, -0.25) is 4.79 Å². The first-order chi connectivity index (χ1) is 6.11. The second kappa shape index (κ2) is 6.42. The van der Waals surface area contributed by atoms with E-state index in [2.05, 4.69) is 9.47 Å². The smallest absolute Gasteiger partial charge is 0.349 e. The van der Waals surface area contributed by atoms with Crippen LogP contribution in [0.25, 0.3) is 0 Å². The third kappa shape index (κ3) is 5.19. The molecule has 0 N–H and O–H groups in total. The third-order valence-corrected chi connectivity index (χ3v) is 1.25. The van der Waals surface area contributed by atoms with Crippen molar-refractivity contribution in [3.63, 3.8) is 0 Å². The highest BCUT2D eigenvalue weighted by molar-refractivity contribution is 5.78. The van der Waals surface area contributed by atoms with Crippen molar-refractivity contribution in [1.29, 1.82) is 0 Å². The minimum atomic E-state index is -0.956. The first-order valence-corrected chi connectivity index (χ1v) is 3.94. The Labute approximate surface area is 77.0 Å². The molecule has 1 atom stereocenters. The van der Waals surface area contributed by atoms with E-state index >= 15 is 0 Å². The molecule has 0 rings (SSSR count). The summed E-state index contributed by atoms with van der Waals surface area (Å²) in [5.74, 6) is -1.14. The Morgan fingerprint density at radius 2 is 2.00 bits per heavy atom. The van der Waals surface area contributed by atoms with E-state index in [1.54, 1.807) is 6.92 Å². The summed E-state index contributed by atoms with van der Waals surface area (Å²) in [5.41, 5.74) is 0. The molecule has 0 bridgehead atoms. The van der Waals surface area contributed by atoms with Gasteiger partial charge < -0.3 is 14.2 Å². The van der Waals surface area contributed by atoms with E-state index in [4.69, 9.17) is 4.74 Å². The second-order valence-corrected chi connectivity index (χ2v) is 2.28. The van der Waals surface area contributed by atoms with Crippen LogP contribution in [-0.4, -0.2) is 38.4 Å². The molecular weight excluding hydrogens is 176 g/mol. The van der Waals surface area contributed by atoms with Gasteiger partial charge in [0.15, 0.2) is 0 Å². The van der Waals surface area contributed by atoms with Crippen LogP contribution >= 0.6 is 0 Å². The number of rotatable bonds is 5. The number of carbonyl (C=O) groups is 2. The van der Waals surface area contributed by atoms with Crippen molar-refractivity contribution in [1.82, 2.24) is 0 Å². The van der Waals surface area contributed by atoms with Crippen LogP contribution in [-0.2, 0) is 23.8 Å². The monoisotopic (exact) mass is 190 g/mol. The lowest BCUT2D eigenvalue weighted by molar-refractivity contribution is -0.168. The lowest BCUT2D eigenvalue weighted by Crippen LogP contribution is -2.32. The van der Waals surface area contributed by atoms with E-state index < -0.39 is 18.0 Å². The molecule has 13 heavy (non-hydrogen) atoms.